The van der Waals surface area contributed by atoms with Crippen LogP contribution in [0.25, 0.3) is 0 Å². The lowest BCUT2D eigenvalue weighted by Gasteiger charge is -2.09. The van der Waals surface area contributed by atoms with Gasteiger partial charge in [0.05, 0.1) is 16.5 Å². The van der Waals surface area contributed by atoms with Crippen LogP contribution in [0.4, 0.5) is 5.69 Å². The van der Waals surface area contributed by atoms with Gasteiger partial charge in [-0.3, -0.25) is 4.79 Å². The van der Waals surface area contributed by atoms with Gasteiger partial charge in [0.1, 0.15) is 0 Å². The number of halogens is 2. The Morgan fingerprint density at radius 2 is 1.86 bits per heavy atom. The van der Waals surface area contributed by atoms with Gasteiger partial charge in [0.15, 0.2) is 9.84 Å². The summed E-state index contributed by atoms with van der Waals surface area (Å²) >= 11 is 11.9. The molecule has 0 fully saturated rings. The molecule has 0 spiro atoms. The number of sulfone groups is 1. The molecular formula is C15H13Cl2NO3S. The van der Waals surface area contributed by atoms with Gasteiger partial charge in [-0.05, 0) is 35.9 Å². The van der Waals surface area contributed by atoms with E-state index in [1.807, 2.05) is 0 Å². The van der Waals surface area contributed by atoms with Crippen LogP contribution in [0.5, 0.6) is 0 Å². The lowest BCUT2D eigenvalue weighted by Crippen LogP contribution is -2.13. The highest BCUT2D eigenvalue weighted by molar-refractivity contribution is 7.89. The predicted molar refractivity (Wildman–Crippen MR) is 89.4 cm³/mol. The average molecular weight is 358 g/mol. The van der Waals surface area contributed by atoms with E-state index in [0.29, 0.717) is 26.9 Å². The second-order valence-corrected chi connectivity index (χ2v) is 7.83. The van der Waals surface area contributed by atoms with Crippen LogP contribution < -0.4 is 5.32 Å². The van der Waals surface area contributed by atoms with Crippen LogP contribution in [0.1, 0.15) is 15.9 Å². The Labute approximate surface area is 139 Å². The van der Waals surface area contributed by atoms with E-state index < -0.39 is 9.84 Å². The van der Waals surface area contributed by atoms with Gasteiger partial charge in [-0.25, -0.2) is 8.42 Å². The summed E-state index contributed by atoms with van der Waals surface area (Å²) in [7, 11) is -3.16. The SMILES string of the molecule is CS(=O)(=O)Cc1cccc(C(=O)Nc2cc(Cl)ccc2Cl)c1. The van der Waals surface area contributed by atoms with E-state index in [4.69, 9.17) is 23.2 Å². The van der Waals surface area contributed by atoms with E-state index in [-0.39, 0.29) is 11.7 Å². The number of hydrogen-bond acceptors (Lipinski definition) is 3. The summed E-state index contributed by atoms with van der Waals surface area (Å²) in [5.41, 5.74) is 1.29. The standard InChI is InChI=1S/C15H13Cl2NO3S/c1-22(20,21)9-10-3-2-4-11(7-10)15(19)18-14-8-12(16)5-6-13(14)17/h2-8H,9H2,1H3,(H,18,19). The van der Waals surface area contributed by atoms with Crippen LogP contribution in [-0.2, 0) is 15.6 Å². The molecule has 4 nitrogen and oxygen atoms in total. The van der Waals surface area contributed by atoms with E-state index in [9.17, 15) is 13.2 Å². The van der Waals surface area contributed by atoms with Gasteiger partial charge < -0.3 is 5.32 Å². The zero-order chi connectivity index (χ0) is 16.3. The summed E-state index contributed by atoms with van der Waals surface area (Å²) in [5.74, 6) is -0.508. The fourth-order valence-corrected chi connectivity index (χ4v) is 3.01. The Morgan fingerprint density at radius 1 is 1.14 bits per heavy atom. The van der Waals surface area contributed by atoms with E-state index in [1.54, 1.807) is 36.4 Å². The van der Waals surface area contributed by atoms with Crippen molar-refractivity contribution in [3.05, 3.63) is 63.6 Å². The fourth-order valence-electron chi connectivity index (χ4n) is 1.89. The van der Waals surface area contributed by atoms with Crippen molar-refractivity contribution in [1.29, 1.82) is 0 Å². The number of carbonyl (C=O) groups excluding carboxylic acids is 1. The third-order valence-corrected chi connectivity index (χ3v) is 4.22. The summed E-state index contributed by atoms with van der Waals surface area (Å²) in [4.78, 5) is 12.2. The molecular weight excluding hydrogens is 345 g/mol. The molecule has 2 aromatic rings. The predicted octanol–water partition coefficient (Wildman–Crippen LogP) is 3.79. The molecule has 22 heavy (non-hydrogen) atoms. The van der Waals surface area contributed by atoms with Crippen LogP contribution in [0.2, 0.25) is 10.0 Å². The van der Waals surface area contributed by atoms with Crippen LogP contribution in [-0.4, -0.2) is 20.6 Å². The number of carbonyl (C=O) groups is 1. The third-order valence-electron chi connectivity index (χ3n) is 2.79. The Hall–Kier alpha value is -1.56. The van der Waals surface area contributed by atoms with Crippen LogP contribution >= 0.6 is 23.2 Å². The minimum Gasteiger partial charge on any atom is -0.321 e. The van der Waals surface area contributed by atoms with Gasteiger partial charge >= 0.3 is 0 Å². The molecule has 116 valence electrons. The van der Waals surface area contributed by atoms with E-state index in [1.165, 1.54) is 6.07 Å². The highest BCUT2D eigenvalue weighted by Gasteiger charge is 2.11. The Kier molecular flexibility index (Phi) is 5.11. The van der Waals surface area contributed by atoms with Crippen LogP contribution in [0.3, 0.4) is 0 Å². The summed E-state index contributed by atoms with van der Waals surface area (Å²) < 4.78 is 22.6. The first-order valence-corrected chi connectivity index (χ1v) is 9.09. The average Bonchev–Trinajstić information content (AvgIpc) is 2.41. The molecule has 1 N–H and O–H groups in total. The van der Waals surface area contributed by atoms with Gasteiger partial charge in [0.2, 0.25) is 0 Å². The minimum absolute atomic E-state index is 0.119. The molecule has 0 saturated carbocycles. The monoisotopic (exact) mass is 357 g/mol. The minimum atomic E-state index is -3.16. The topological polar surface area (TPSA) is 63.2 Å². The number of amides is 1. The smallest absolute Gasteiger partial charge is 0.255 e. The van der Waals surface area contributed by atoms with Crippen molar-refractivity contribution in [2.45, 2.75) is 5.75 Å². The Bertz CT molecular complexity index is 819. The molecule has 0 aromatic heterocycles. The molecule has 2 aromatic carbocycles. The molecule has 0 aliphatic rings. The highest BCUT2D eigenvalue weighted by atomic mass is 35.5. The molecule has 0 unspecified atom stereocenters. The molecule has 0 aliphatic heterocycles. The first-order chi connectivity index (χ1) is 10.2. The molecule has 0 atom stereocenters. The third kappa shape index (κ3) is 4.73. The summed E-state index contributed by atoms with van der Waals surface area (Å²) in [6, 6.07) is 11.2. The summed E-state index contributed by atoms with van der Waals surface area (Å²) in [5, 5.41) is 3.47. The highest BCUT2D eigenvalue weighted by Crippen LogP contribution is 2.26. The summed E-state index contributed by atoms with van der Waals surface area (Å²) in [6.45, 7) is 0. The molecule has 0 aliphatic carbocycles. The second kappa shape index (κ2) is 6.69. The van der Waals surface area contributed by atoms with E-state index >= 15 is 0 Å². The maximum Gasteiger partial charge on any atom is 0.255 e. The quantitative estimate of drug-likeness (QED) is 0.905. The van der Waals surface area contributed by atoms with Crippen molar-refractivity contribution in [2.75, 3.05) is 11.6 Å². The van der Waals surface area contributed by atoms with Crippen molar-refractivity contribution in [1.82, 2.24) is 0 Å². The fraction of sp³-hybridized carbons (Fsp3) is 0.133. The largest absolute Gasteiger partial charge is 0.321 e. The number of rotatable bonds is 4. The maximum atomic E-state index is 12.2. The maximum absolute atomic E-state index is 12.2. The Morgan fingerprint density at radius 3 is 2.55 bits per heavy atom. The van der Waals surface area contributed by atoms with Crippen molar-refractivity contribution in [3.63, 3.8) is 0 Å². The Balaban J connectivity index is 2.23. The summed E-state index contributed by atoms with van der Waals surface area (Å²) in [6.07, 6.45) is 1.14. The molecule has 0 radical (unpaired) electrons. The van der Waals surface area contributed by atoms with Gasteiger partial charge in [-0.15, -0.1) is 0 Å². The number of hydrogen-bond donors (Lipinski definition) is 1. The van der Waals surface area contributed by atoms with E-state index in [0.717, 1.165) is 6.26 Å². The molecule has 2 rings (SSSR count). The van der Waals surface area contributed by atoms with Crippen molar-refractivity contribution in [2.24, 2.45) is 0 Å². The van der Waals surface area contributed by atoms with Crippen molar-refractivity contribution >= 4 is 44.6 Å². The van der Waals surface area contributed by atoms with E-state index in [2.05, 4.69) is 5.32 Å². The van der Waals surface area contributed by atoms with Gasteiger partial charge in [0, 0.05) is 16.8 Å². The van der Waals surface area contributed by atoms with Crippen LogP contribution in [0, 0.1) is 0 Å². The lowest BCUT2D eigenvalue weighted by atomic mass is 10.1. The number of benzene rings is 2. The molecule has 1 amide bonds. The number of anilines is 1. The van der Waals surface area contributed by atoms with Gasteiger partial charge in [-0.2, -0.15) is 0 Å². The second-order valence-electron chi connectivity index (χ2n) is 4.85. The first-order valence-electron chi connectivity index (χ1n) is 6.28. The van der Waals surface area contributed by atoms with Crippen LogP contribution in [0.15, 0.2) is 42.5 Å². The van der Waals surface area contributed by atoms with Gasteiger partial charge in [-0.1, -0.05) is 35.3 Å². The van der Waals surface area contributed by atoms with Gasteiger partial charge in [0.25, 0.3) is 5.91 Å². The zero-order valence-electron chi connectivity index (χ0n) is 11.6. The molecule has 0 bridgehead atoms. The normalized spacial score (nSPS) is 11.2. The van der Waals surface area contributed by atoms with Crippen molar-refractivity contribution < 1.29 is 13.2 Å². The number of nitrogens with one attached hydrogen (secondary N) is 1. The lowest BCUT2D eigenvalue weighted by molar-refractivity contribution is 0.102. The molecule has 0 heterocycles. The zero-order valence-corrected chi connectivity index (χ0v) is 14.0. The first kappa shape index (κ1) is 16.8. The molecule has 7 heteroatoms. The molecule has 0 saturated heterocycles. The van der Waals surface area contributed by atoms with Crippen molar-refractivity contribution in [3.8, 4) is 0 Å².